The predicted molar refractivity (Wildman–Crippen MR) is 311 cm³/mol. The molecule has 0 aromatic carbocycles. The SMILES string of the molecule is CC/C=C\C/C=C\C/C=C\C/C=C\C/C=C\C/C=C\C/C=C\C/C=C\C/C=C\C/C=C\C/C=C\CCCCCC(=O)OC(COC(=O)CCCC/C=C\C/C=C\C/C=C\C/C=C\CC)COP(=O)(O)OCCN. The van der Waals surface area contributed by atoms with E-state index < -0.39 is 32.5 Å². The Bertz CT molecular complexity index is 1840. The molecule has 73 heavy (non-hydrogen) atoms. The van der Waals surface area contributed by atoms with Crippen LogP contribution in [0.2, 0.25) is 0 Å². The van der Waals surface area contributed by atoms with Crippen molar-refractivity contribution in [1.82, 2.24) is 0 Å². The summed E-state index contributed by atoms with van der Waals surface area (Å²) in [6.07, 6.45) is 85.3. The van der Waals surface area contributed by atoms with Crippen LogP contribution in [-0.4, -0.2) is 49.3 Å². The molecule has 0 aromatic rings. The van der Waals surface area contributed by atoms with Crippen LogP contribution in [0.25, 0.3) is 0 Å². The third-order valence-electron chi connectivity index (χ3n) is 10.3. The zero-order chi connectivity index (χ0) is 53.1. The number of esters is 2. The van der Waals surface area contributed by atoms with Gasteiger partial charge < -0.3 is 20.1 Å². The van der Waals surface area contributed by atoms with Gasteiger partial charge >= 0.3 is 19.8 Å². The number of phosphoric acid groups is 1. The van der Waals surface area contributed by atoms with Gasteiger partial charge in [0.05, 0.1) is 13.2 Å². The number of ether oxygens (including phenoxy) is 2. The first kappa shape index (κ1) is 68.1. The molecule has 0 heterocycles. The van der Waals surface area contributed by atoms with Crippen molar-refractivity contribution >= 4 is 19.8 Å². The Morgan fingerprint density at radius 1 is 0.411 bits per heavy atom. The van der Waals surface area contributed by atoms with E-state index in [0.29, 0.717) is 12.8 Å². The third kappa shape index (κ3) is 56.3. The zero-order valence-electron chi connectivity index (χ0n) is 45.0. The first-order chi connectivity index (χ1) is 35.8. The highest BCUT2D eigenvalue weighted by Crippen LogP contribution is 2.43. The fourth-order valence-electron chi connectivity index (χ4n) is 6.33. The summed E-state index contributed by atoms with van der Waals surface area (Å²) in [6, 6.07) is 0. The zero-order valence-corrected chi connectivity index (χ0v) is 45.9. The van der Waals surface area contributed by atoms with Crippen LogP contribution in [0, 0.1) is 0 Å². The molecular weight excluding hydrogens is 930 g/mol. The summed E-state index contributed by atoms with van der Waals surface area (Å²) in [5, 5.41) is 0. The predicted octanol–water partition coefficient (Wildman–Crippen LogP) is 17.3. The first-order valence-corrected chi connectivity index (χ1v) is 28.8. The van der Waals surface area contributed by atoms with Gasteiger partial charge in [0.2, 0.25) is 0 Å². The molecule has 0 radical (unpaired) electrons. The molecule has 0 amide bonds. The van der Waals surface area contributed by atoms with E-state index >= 15 is 0 Å². The van der Waals surface area contributed by atoms with Crippen LogP contribution in [-0.2, 0) is 32.7 Å². The number of phosphoric ester groups is 1. The third-order valence-corrected chi connectivity index (χ3v) is 11.3. The minimum Gasteiger partial charge on any atom is -0.462 e. The minimum atomic E-state index is -4.42. The van der Waals surface area contributed by atoms with Crippen LogP contribution < -0.4 is 5.73 Å². The molecule has 9 nitrogen and oxygen atoms in total. The average Bonchev–Trinajstić information content (AvgIpc) is 3.38. The summed E-state index contributed by atoms with van der Waals surface area (Å²) in [6.45, 7) is 3.38. The van der Waals surface area contributed by atoms with Gasteiger partial charge in [-0.15, -0.1) is 0 Å². The van der Waals surface area contributed by atoms with Gasteiger partial charge in [-0.05, 0) is 135 Å². The van der Waals surface area contributed by atoms with Gasteiger partial charge in [0, 0.05) is 19.4 Å². The molecule has 0 fully saturated rings. The van der Waals surface area contributed by atoms with Crippen LogP contribution in [0.5, 0.6) is 0 Å². The summed E-state index contributed by atoms with van der Waals surface area (Å²) in [7, 11) is -4.42. The first-order valence-electron chi connectivity index (χ1n) is 27.3. The van der Waals surface area contributed by atoms with Crippen LogP contribution in [0.4, 0.5) is 0 Å². The Labute approximate surface area is 443 Å². The number of rotatable bonds is 48. The number of carbonyl (C=O) groups excluding carboxylic acids is 2. The molecule has 2 atom stereocenters. The van der Waals surface area contributed by atoms with Crippen molar-refractivity contribution in [3.8, 4) is 0 Å². The van der Waals surface area contributed by atoms with Gasteiger partial charge in [-0.1, -0.05) is 203 Å². The summed E-state index contributed by atoms with van der Waals surface area (Å²) < 4.78 is 32.8. The van der Waals surface area contributed by atoms with E-state index in [1.165, 1.54) is 0 Å². The van der Waals surface area contributed by atoms with E-state index in [1.54, 1.807) is 0 Å². The van der Waals surface area contributed by atoms with Gasteiger partial charge in [-0.25, -0.2) is 4.57 Å². The van der Waals surface area contributed by atoms with Crippen molar-refractivity contribution in [2.24, 2.45) is 5.73 Å². The van der Waals surface area contributed by atoms with Gasteiger partial charge in [-0.3, -0.25) is 18.6 Å². The second-order valence-corrected chi connectivity index (χ2v) is 18.4. The lowest BCUT2D eigenvalue weighted by Crippen LogP contribution is -2.29. The van der Waals surface area contributed by atoms with E-state index in [1.807, 2.05) is 0 Å². The van der Waals surface area contributed by atoms with Gasteiger partial charge in [0.15, 0.2) is 6.10 Å². The number of hydrogen-bond donors (Lipinski definition) is 2. The maximum atomic E-state index is 12.7. The van der Waals surface area contributed by atoms with Crippen molar-refractivity contribution in [2.75, 3.05) is 26.4 Å². The standard InChI is InChI=1S/C63H96NO8P/c1-3-5-7-9-11-13-15-17-19-20-21-22-23-24-25-26-27-28-29-30-31-32-33-34-35-36-37-38-39-40-42-44-46-48-50-52-54-56-63(66)72-61(60-71-73(67,68)70-58-57-64)59-69-62(65)55-53-51-49-47-45-43-41-18-16-14-12-10-8-6-4-2/h5-8,11-14,17-19,21-22,24-25,27-28,30-31,33-34,36-37,39-41,44-47,61H,3-4,9-10,15-16,20,23,26,29,32,35,38,42-43,48-60,64H2,1-2H3,(H,67,68)/b7-5-,8-6-,13-11-,14-12-,19-17-,22-21-,25-24-,28-27-,31-30-,34-33-,37-36-,40-39-,41-18-,46-44-,47-45-. The largest absolute Gasteiger partial charge is 0.472 e. The molecule has 3 N–H and O–H groups in total. The Morgan fingerprint density at radius 3 is 1.05 bits per heavy atom. The van der Waals surface area contributed by atoms with E-state index in [9.17, 15) is 19.0 Å². The van der Waals surface area contributed by atoms with Crippen LogP contribution in [0.1, 0.15) is 168 Å². The molecule has 0 saturated heterocycles. The number of nitrogens with two attached hydrogens (primary N) is 1. The van der Waals surface area contributed by atoms with E-state index in [4.69, 9.17) is 24.3 Å². The molecular formula is C63H96NO8P. The summed E-state index contributed by atoms with van der Waals surface area (Å²) in [4.78, 5) is 35.0. The molecule has 0 aliphatic carbocycles. The summed E-state index contributed by atoms with van der Waals surface area (Å²) in [5.74, 6) is -0.935. The van der Waals surface area contributed by atoms with Gasteiger partial charge in [0.1, 0.15) is 6.61 Å². The number of hydrogen-bond acceptors (Lipinski definition) is 8. The van der Waals surface area contributed by atoms with Gasteiger partial charge in [0.25, 0.3) is 0 Å². The van der Waals surface area contributed by atoms with E-state index in [2.05, 4.69) is 196 Å². The highest BCUT2D eigenvalue weighted by Gasteiger charge is 2.26. The second kappa shape index (κ2) is 56.4. The Balaban J connectivity index is 4.16. The molecule has 0 rings (SSSR count). The summed E-state index contributed by atoms with van der Waals surface area (Å²) in [5.41, 5.74) is 5.36. The topological polar surface area (TPSA) is 134 Å². The quantitative estimate of drug-likeness (QED) is 0.0264. The molecule has 0 aliphatic rings. The normalized spacial score (nSPS) is 14.5. The smallest absolute Gasteiger partial charge is 0.462 e. The average molecular weight is 1030 g/mol. The fourth-order valence-corrected chi connectivity index (χ4v) is 7.10. The molecule has 0 saturated carbocycles. The highest BCUT2D eigenvalue weighted by atomic mass is 31.2. The minimum absolute atomic E-state index is 0.0310. The Hall–Kier alpha value is -4.89. The fraction of sp³-hybridized carbons (Fsp3) is 0.492. The molecule has 0 aliphatic heterocycles. The second-order valence-electron chi connectivity index (χ2n) is 17.0. The number of allylic oxidation sites excluding steroid dienone is 30. The van der Waals surface area contributed by atoms with Crippen molar-refractivity contribution in [3.63, 3.8) is 0 Å². The monoisotopic (exact) mass is 1030 g/mol. The Kier molecular flexibility index (Phi) is 52.6. The molecule has 10 heteroatoms. The Morgan fingerprint density at radius 2 is 0.712 bits per heavy atom. The lowest BCUT2D eigenvalue weighted by atomic mass is 10.1. The lowest BCUT2D eigenvalue weighted by Gasteiger charge is -2.19. The van der Waals surface area contributed by atoms with Crippen LogP contribution in [0.3, 0.4) is 0 Å². The molecule has 0 spiro atoms. The molecule has 406 valence electrons. The number of unbranched alkanes of at least 4 members (excludes halogenated alkanes) is 5. The van der Waals surface area contributed by atoms with E-state index in [-0.39, 0.29) is 32.6 Å². The molecule has 0 bridgehead atoms. The van der Waals surface area contributed by atoms with Crippen LogP contribution in [0.15, 0.2) is 182 Å². The number of carbonyl (C=O) groups is 2. The van der Waals surface area contributed by atoms with Crippen LogP contribution >= 0.6 is 7.82 Å². The van der Waals surface area contributed by atoms with Gasteiger partial charge in [-0.2, -0.15) is 0 Å². The maximum Gasteiger partial charge on any atom is 0.472 e. The molecule has 0 aromatic heterocycles. The molecule has 2 unspecified atom stereocenters. The van der Waals surface area contributed by atoms with Crippen molar-refractivity contribution in [2.45, 2.75) is 174 Å². The highest BCUT2D eigenvalue weighted by molar-refractivity contribution is 7.47. The van der Waals surface area contributed by atoms with Crippen molar-refractivity contribution in [3.05, 3.63) is 182 Å². The van der Waals surface area contributed by atoms with Crippen molar-refractivity contribution < 1.29 is 37.6 Å². The van der Waals surface area contributed by atoms with Crippen molar-refractivity contribution in [1.29, 1.82) is 0 Å². The summed E-state index contributed by atoms with van der Waals surface area (Å²) >= 11 is 0. The maximum absolute atomic E-state index is 12.7. The lowest BCUT2D eigenvalue weighted by molar-refractivity contribution is -0.161. The van der Waals surface area contributed by atoms with E-state index in [0.717, 1.165) is 128 Å².